The molecule has 0 saturated heterocycles. The van der Waals surface area contributed by atoms with E-state index in [-0.39, 0.29) is 16.8 Å². The summed E-state index contributed by atoms with van der Waals surface area (Å²) in [6.45, 7) is 8.93. The molecule has 0 atom stereocenters. The van der Waals surface area contributed by atoms with Crippen molar-refractivity contribution in [3.63, 3.8) is 0 Å². The summed E-state index contributed by atoms with van der Waals surface area (Å²) < 4.78 is 0. The van der Waals surface area contributed by atoms with Crippen molar-refractivity contribution >= 4 is 0 Å². The van der Waals surface area contributed by atoms with Crippen LogP contribution in [0.2, 0.25) is 0 Å². The Morgan fingerprint density at radius 3 is 1.83 bits per heavy atom. The molecule has 0 bridgehead atoms. The molecular weight excluding hydrogens is 119 g/mol. The van der Waals surface area contributed by atoms with Crippen molar-refractivity contribution in [2.24, 2.45) is 0 Å². The van der Waals surface area contributed by atoms with E-state index >= 15 is 0 Å². The first-order valence-electron chi connectivity index (χ1n) is 1.55. The minimum atomic E-state index is 0. The van der Waals surface area contributed by atoms with Gasteiger partial charge in [0.15, 0.2) is 0 Å². The molecule has 0 amide bonds. The topological polar surface area (TPSA) is 0 Å². The monoisotopic (exact) mass is 127 g/mol. The van der Waals surface area contributed by atoms with Gasteiger partial charge >= 0.3 is 0 Å². The molecule has 6 heavy (non-hydrogen) atoms. The van der Waals surface area contributed by atoms with Crippen LogP contribution >= 0.6 is 0 Å². The number of hydrogen-bond acceptors (Lipinski definition) is 0. The molecule has 0 unspecified atom stereocenters. The van der Waals surface area contributed by atoms with Crippen molar-refractivity contribution in [1.82, 2.24) is 0 Å². The van der Waals surface area contributed by atoms with E-state index in [9.17, 15) is 0 Å². The van der Waals surface area contributed by atoms with Gasteiger partial charge < -0.3 is 0 Å². The van der Waals surface area contributed by atoms with E-state index in [1.165, 1.54) is 0 Å². The van der Waals surface area contributed by atoms with Gasteiger partial charge in [-0.15, -0.1) is 0 Å². The Morgan fingerprint density at radius 2 is 1.83 bits per heavy atom. The largest absolute Gasteiger partial charge is 0.0988 e. The zero-order chi connectivity index (χ0) is 4.28. The third-order valence-corrected chi connectivity index (χ3v) is 0.348. The first-order valence-corrected chi connectivity index (χ1v) is 1.55. The molecule has 37 valence electrons. The van der Waals surface area contributed by atoms with E-state index in [1.54, 1.807) is 6.08 Å². The molecule has 1 radical (unpaired) electrons. The summed E-state index contributed by atoms with van der Waals surface area (Å²) in [6, 6.07) is 0. The van der Waals surface area contributed by atoms with E-state index in [0.717, 1.165) is 5.57 Å². The van der Waals surface area contributed by atoms with Gasteiger partial charge in [-0.2, -0.15) is 0 Å². The number of hydrogen-bond donors (Lipinski definition) is 0. The molecule has 0 aromatic heterocycles. The van der Waals surface area contributed by atoms with Crippen molar-refractivity contribution < 1.29 is 16.8 Å². The van der Waals surface area contributed by atoms with Crippen molar-refractivity contribution in [3.05, 3.63) is 24.8 Å². The number of rotatable bonds is 1. The van der Waals surface area contributed by atoms with E-state index in [1.807, 2.05) is 6.92 Å². The average Bonchev–Trinajstić information content (AvgIpc) is 1.38. The predicted octanol–water partition coefficient (Wildman–Crippen LogP) is 1.75. The summed E-state index contributed by atoms with van der Waals surface area (Å²) in [4.78, 5) is 0. The van der Waals surface area contributed by atoms with Gasteiger partial charge in [-0.05, 0) is 6.92 Å². The van der Waals surface area contributed by atoms with Crippen molar-refractivity contribution in [1.29, 1.82) is 0 Å². The molecule has 0 aliphatic carbocycles. The molecule has 0 aliphatic rings. The molecule has 0 N–H and O–H groups in total. The van der Waals surface area contributed by atoms with Gasteiger partial charge in [0.05, 0.1) is 0 Å². The van der Waals surface area contributed by atoms with Gasteiger partial charge in [0.25, 0.3) is 0 Å². The van der Waals surface area contributed by atoms with E-state index in [4.69, 9.17) is 0 Å². The fourth-order valence-electron chi connectivity index (χ4n) is 0. The van der Waals surface area contributed by atoms with Gasteiger partial charge in [0.1, 0.15) is 0 Å². The molecule has 0 fully saturated rings. The van der Waals surface area contributed by atoms with Crippen LogP contribution in [0.5, 0.6) is 0 Å². The van der Waals surface area contributed by atoms with E-state index in [2.05, 4.69) is 13.2 Å². The first kappa shape index (κ1) is 9.37. The molecule has 1 heteroatoms. The summed E-state index contributed by atoms with van der Waals surface area (Å²) in [5.74, 6) is 0. The molecule has 0 aliphatic heterocycles. The fraction of sp³-hybridized carbons (Fsp3) is 0.200. The van der Waals surface area contributed by atoms with Crippen LogP contribution in [-0.2, 0) is 16.8 Å². The van der Waals surface area contributed by atoms with Crippen LogP contribution in [-0.4, -0.2) is 0 Å². The maximum Gasteiger partial charge on any atom is 0 e. The van der Waals surface area contributed by atoms with Crippen LogP contribution in [0.25, 0.3) is 0 Å². The van der Waals surface area contributed by atoms with Gasteiger partial charge in [-0.25, -0.2) is 0 Å². The van der Waals surface area contributed by atoms with Gasteiger partial charge in [-0.1, -0.05) is 24.8 Å². The summed E-state index contributed by atoms with van der Waals surface area (Å²) in [5.41, 5.74) is 1.02. The first-order chi connectivity index (χ1) is 2.27. The SMILES string of the molecule is C=CC(=C)C.[Co]. The van der Waals surface area contributed by atoms with Crippen LogP contribution in [0.4, 0.5) is 0 Å². The van der Waals surface area contributed by atoms with Crippen molar-refractivity contribution in [2.75, 3.05) is 0 Å². The van der Waals surface area contributed by atoms with Gasteiger partial charge in [0.2, 0.25) is 0 Å². The maximum atomic E-state index is 3.56. The Labute approximate surface area is 49.1 Å². The molecule has 0 spiro atoms. The molecule has 0 nitrogen and oxygen atoms in total. The third-order valence-electron chi connectivity index (χ3n) is 0.348. The van der Waals surface area contributed by atoms with Crippen molar-refractivity contribution in [2.45, 2.75) is 6.92 Å². The maximum absolute atomic E-state index is 3.56. The molecule has 0 saturated carbocycles. The summed E-state index contributed by atoms with van der Waals surface area (Å²) in [7, 11) is 0. The molecule has 0 rings (SSSR count). The zero-order valence-electron chi connectivity index (χ0n) is 3.82. The van der Waals surface area contributed by atoms with Crippen LogP contribution in [0, 0.1) is 0 Å². The minimum Gasteiger partial charge on any atom is -0.0988 e. The van der Waals surface area contributed by atoms with Crippen LogP contribution in [0.15, 0.2) is 24.8 Å². The smallest absolute Gasteiger partial charge is 0 e. The van der Waals surface area contributed by atoms with E-state index < -0.39 is 0 Å². The van der Waals surface area contributed by atoms with Crippen LogP contribution in [0.3, 0.4) is 0 Å². The summed E-state index contributed by atoms with van der Waals surface area (Å²) >= 11 is 0. The Hall–Kier alpha value is -0.0135. The second-order valence-corrected chi connectivity index (χ2v) is 1.05. The molecule has 0 aromatic carbocycles. The standard InChI is InChI=1S/C5H8.Co/c1-4-5(2)3;/h4H,1-2H2,3H3;. The average molecular weight is 127 g/mol. The normalized spacial score (nSPS) is 5.50. The molecular formula is C5H8Co. The van der Waals surface area contributed by atoms with Crippen LogP contribution in [0.1, 0.15) is 6.92 Å². The fourth-order valence-corrected chi connectivity index (χ4v) is 0. The summed E-state index contributed by atoms with van der Waals surface area (Å²) in [5, 5.41) is 0. The van der Waals surface area contributed by atoms with Gasteiger partial charge in [0, 0.05) is 16.8 Å². The quantitative estimate of drug-likeness (QED) is 0.470. The molecule has 0 heterocycles. The predicted molar refractivity (Wildman–Crippen MR) is 25.0 cm³/mol. The van der Waals surface area contributed by atoms with Crippen molar-refractivity contribution in [3.8, 4) is 0 Å². The minimum absolute atomic E-state index is 0. The Balaban J connectivity index is 0. The van der Waals surface area contributed by atoms with E-state index in [0.29, 0.717) is 0 Å². The Morgan fingerprint density at radius 1 is 1.67 bits per heavy atom. The third kappa shape index (κ3) is 9.01. The van der Waals surface area contributed by atoms with Crippen LogP contribution < -0.4 is 0 Å². The second-order valence-electron chi connectivity index (χ2n) is 1.05. The summed E-state index contributed by atoms with van der Waals surface area (Å²) in [6.07, 6.45) is 1.72. The Bertz CT molecular complexity index is 55.0. The number of allylic oxidation sites excluding steroid dienone is 2. The Kier molecular flexibility index (Phi) is 7.78. The second kappa shape index (κ2) is 4.99. The molecule has 0 aromatic rings. The van der Waals surface area contributed by atoms with Gasteiger partial charge in [-0.3, -0.25) is 0 Å². The zero-order valence-corrected chi connectivity index (χ0v) is 4.87.